The minimum absolute atomic E-state index is 0.222. The second kappa shape index (κ2) is 4.86. The Morgan fingerprint density at radius 1 is 1.31 bits per heavy atom. The maximum atomic E-state index is 12.8. The van der Waals surface area contributed by atoms with E-state index in [1.807, 2.05) is 4.72 Å². The van der Waals surface area contributed by atoms with E-state index in [-0.39, 0.29) is 6.54 Å². The molecule has 0 aliphatic carbocycles. The van der Waals surface area contributed by atoms with Crippen LogP contribution in [0.2, 0.25) is 0 Å². The van der Waals surface area contributed by atoms with Gasteiger partial charge in [-0.25, -0.2) is 21.9 Å². The molecule has 0 unspecified atom stereocenters. The summed E-state index contributed by atoms with van der Waals surface area (Å²) in [6, 6.07) is 1.98. The molecule has 0 bridgehead atoms. The zero-order valence-electron chi connectivity index (χ0n) is 8.44. The van der Waals surface area contributed by atoms with Crippen molar-refractivity contribution in [3.8, 4) is 0 Å². The average Bonchev–Trinajstić information content (AvgIpc) is 2.13. The molecule has 90 valence electrons. The summed E-state index contributed by atoms with van der Waals surface area (Å²) in [6.45, 7) is 1.16. The topological polar surface area (TPSA) is 66.4 Å². The smallest absolute Gasteiger partial charge is 0.240 e. The largest absolute Gasteiger partial charge is 0.392 e. The Morgan fingerprint density at radius 3 is 2.25 bits per heavy atom. The summed E-state index contributed by atoms with van der Waals surface area (Å²) in [5.74, 6) is -1.95. The maximum Gasteiger partial charge on any atom is 0.240 e. The lowest BCUT2D eigenvalue weighted by atomic mass is 10.3. The lowest BCUT2D eigenvalue weighted by Gasteiger charge is -2.08. The Morgan fingerprint density at radius 2 is 1.81 bits per heavy atom. The summed E-state index contributed by atoms with van der Waals surface area (Å²) in [5.41, 5.74) is 0. The summed E-state index contributed by atoms with van der Waals surface area (Å²) in [6.07, 6.45) is -0.881. The first-order valence-electron chi connectivity index (χ1n) is 4.45. The first-order valence-corrected chi connectivity index (χ1v) is 5.93. The minimum Gasteiger partial charge on any atom is -0.392 e. The van der Waals surface area contributed by atoms with Gasteiger partial charge in [0.2, 0.25) is 10.0 Å². The molecule has 0 saturated carbocycles. The van der Waals surface area contributed by atoms with Gasteiger partial charge in [-0.1, -0.05) is 0 Å². The van der Waals surface area contributed by atoms with E-state index < -0.39 is 32.7 Å². The standard InChI is InChI=1S/C9H11F2NO3S/c1-6(13)5-12-16(14,15)9-3-7(10)2-8(11)4-9/h2-4,6,12-13H,5H2,1H3/t6-/m1/s1. The van der Waals surface area contributed by atoms with E-state index in [0.717, 1.165) is 0 Å². The molecule has 0 amide bonds. The summed E-state index contributed by atoms with van der Waals surface area (Å²) in [7, 11) is -3.99. The molecule has 1 aromatic carbocycles. The molecule has 7 heteroatoms. The SMILES string of the molecule is C[C@@H](O)CNS(=O)(=O)c1cc(F)cc(F)c1. The van der Waals surface area contributed by atoms with E-state index in [2.05, 4.69) is 0 Å². The van der Waals surface area contributed by atoms with Crippen LogP contribution in [0, 0.1) is 11.6 Å². The molecule has 1 atom stereocenters. The molecule has 0 aliphatic heterocycles. The van der Waals surface area contributed by atoms with Crippen LogP contribution in [-0.4, -0.2) is 26.2 Å². The van der Waals surface area contributed by atoms with Gasteiger partial charge in [0.25, 0.3) is 0 Å². The van der Waals surface area contributed by atoms with E-state index in [1.54, 1.807) is 0 Å². The van der Waals surface area contributed by atoms with Crippen molar-refractivity contribution in [2.75, 3.05) is 6.54 Å². The van der Waals surface area contributed by atoms with Gasteiger partial charge in [0.05, 0.1) is 11.0 Å². The highest BCUT2D eigenvalue weighted by Crippen LogP contribution is 2.13. The molecule has 0 aliphatic rings. The van der Waals surface area contributed by atoms with Gasteiger partial charge in [0.1, 0.15) is 11.6 Å². The van der Waals surface area contributed by atoms with E-state index in [0.29, 0.717) is 18.2 Å². The van der Waals surface area contributed by atoms with E-state index in [1.165, 1.54) is 6.92 Å². The van der Waals surface area contributed by atoms with Crippen molar-refractivity contribution in [2.24, 2.45) is 0 Å². The molecule has 0 fully saturated rings. The number of aliphatic hydroxyl groups is 1. The number of sulfonamides is 1. The summed E-state index contributed by atoms with van der Waals surface area (Å²) < 4.78 is 50.5. The van der Waals surface area contributed by atoms with Crippen LogP contribution in [0.1, 0.15) is 6.92 Å². The first-order chi connectivity index (χ1) is 7.31. The second-order valence-electron chi connectivity index (χ2n) is 3.31. The Labute approximate surface area is 92.0 Å². The molecule has 0 radical (unpaired) electrons. The zero-order valence-corrected chi connectivity index (χ0v) is 9.26. The molecule has 2 N–H and O–H groups in total. The van der Waals surface area contributed by atoms with Gasteiger partial charge in [-0.05, 0) is 19.1 Å². The van der Waals surface area contributed by atoms with Gasteiger partial charge in [-0.3, -0.25) is 0 Å². The molecular formula is C9H11F2NO3S. The highest BCUT2D eigenvalue weighted by atomic mass is 32.2. The lowest BCUT2D eigenvalue weighted by molar-refractivity contribution is 0.198. The van der Waals surface area contributed by atoms with Crippen LogP contribution in [0.25, 0.3) is 0 Å². The Hall–Kier alpha value is -1.05. The van der Waals surface area contributed by atoms with Crippen LogP contribution in [-0.2, 0) is 10.0 Å². The van der Waals surface area contributed by atoms with Crippen LogP contribution >= 0.6 is 0 Å². The maximum absolute atomic E-state index is 12.8. The highest BCUT2D eigenvalue weighted by Gasteiger charge is 2.16. The summed E-state index contributed by atoms with van der Waals surface area (Å²) in [5, 5.41) is 8.90. The number of rotatable bonds is 4. The van der Waals surface area contributed by atoms with Crippen LogP contribution < -0.4 is 4.72 Å². The van der Waals surface area contributed by atoms with Gasteiger partial charge in [0.15, 0.2) is 0 Å². The van der Waals surface area contributed by atoms with Crippen LogP contribution in [0.5, 0.6) is 0 Å². The predicted octanol–water partition coefficient (Wildman–Crippen LogP) is 0.624. The number of aliphatic hydroxyl groups excluding tert-OH is 1. The number of hydrogen-bond acceptors (Lipinski definition) is 3. The molecule has 0 aromatic heterocycles. The third kappa shape index (κ3) is 3.51. The quantitative estimate of drug-likeness (QED) is 0.824. The van der Waals surface area contributed by atoms with Crippen molar-refractivity contribution in [1.82, 2.24) is 4.72 Å². The molecular weight excluding hydrogens is 240 g/mol. The lowest BCUT2D eigenvalue weighted by Crippen LogP contribution is -2.30. The number of benzene rings is 1. The van der Waals surface area contributed by atoms with Gasteiger partial charge in [-0.2, -0.15) is 0 Å². The Bertz CT molecular complexity index is 453. The van der Waals surface area contributed by atoms with Crippen LogP contribution in [0.15, 0.2) is 23.1 Å². The molecule has 0 heterocycles. The predicted molar refractivity (Wildman–Crippen MR) is 53.2 cm³/mol. The van der Waals surface area contributed by atoms with Crippen molar-refractivity contribution in [3.05, 3.63) is 29.8 Å². The monoisotopic (exact) mass is 251 g/mol. The minimum atomic E-state index is -3.99. The number of hydrogen-bond donors (Lipinski definition) is 2. The van der Waals surface area contributed by atoms with Crippen LogP contribution in [0.4, 0.5) is 8.78 Å². The van der Waals surface area contributed by atoms with Crippen molar-refractivity contribution in [2.45, 2.75) is 17.9 Å². The molecule has 1 rings (SSSR count). The molecule has 4 nitrogen and oxygen atoms in total. The fraction of sp³-hybridized carbons (Fsp3) is 0.333. The zero-order chi connectivity index (χ0) is 12.3. The highest BCUT2D eigenvalue weighted by molar-refractivity contribution is 7.89. The fourth-order valence-electron chi connectivity index (χ4n) is 0.997. The molecule has 0 saturated heterocycles. The van der Waals surface area contributed by atoms with Crippen LogP contribution in [0.3, 0.4) is 0 Å². The normalized spacial score (nSPS) is 13.8. The fourth-order valence-corrected chi connectivity index (χ4v) is 2.16. The molecule has 1 aromatic rings. The van der Waals surface area contributed by atoms with Crippen molar-refractivity contribution in [3.63, 3.8) is 0 Å². The molecule has 16 heavy (non-hydrogen) atoms. The van der Waals surface area contributed by atoms with E-state index >= 15 is 0 Å². The van der Waals surface area contributed by atoms with Crippen molar-refractivity contribution >= 4 is 10.0 Å². The third-order valence-electron chi connectivity index (χ3n) is 1.72. The Balaban J connectivity index is 2.98. The summed E-state index contributed by atoms with van der Waals surface area (Å²) in [4.78, 5) is -0.509. The van der Waals surface area contributed by atoms with Gasteiger partial charge >= 0.3 is 0 Å². The van der Waals surface area contributed by atoms with E-state index in [9.17, 15) is 17.2 Å². The average molecular weight is 251 g/mol. The number of nitrogens with one attached hydrogen (secondary N) is 1. The van der Waals surface area contributed by atoms with Gasteiger partial charge in [-0.15, -0.1) is 0 Å². The Kier molecular flexibility index (Phi) is 3.95. The molecule has 0 spiro atoms. The third-order valence-corrected chi connectivity index (χ3v) is 3.12. The van der Waals surface area contributed by atoms with E-state index in [4.69, 9.17) is 5.11 Å². The van der Waals surface area contributed by atoms with Gasteiger partial charge in [0, 0.05) is 12.6 Å². The van der Waals surface area contributed by atoms with Gasteiger partial charge < -0.3 is 5.11 Å². The second-order valence-corrected chi connectivity index (χ2v) is 5.07. The number of halogens is 2. The first kappa shape index (κ1) is 13.0. The summed E-state index contributed by atoms with van der Waals surface area (Å²) >= 11 is 0. The van der Waals surface area contributed by atoms with Crippen molar-refractivity contribution < 1.29 is 22.3 Å². The van der Waals surface area contributed by atoms with Crippen molar-refractivity contribution in [1.29, 1.82) is 0 Å².